The van der Waals surface area contributed by atoms with Crippen LogP contribution >= 0.6 is 0 Å². The highest BCUT2D eigenvalue weighted by Crippen LogP contribution is 2.27. The van der Waals surface area contributed by atoms with Gasteiger partial charge < -0.3 is 21.3 Å². The summed E-state index contributed by atoms with van der Waals surface area (Å²) in [6, 6.07) is 0. The monoisotopic (exact) mass is 254 g/mol. The summed E-state index contributed by atoms with van der Waals surface area (Å²) in [6.07, 6.45) is 2.68. The van der Waals surface area contributed by atoms with E-state index in [1.54, 1.807) is 0 Å². The second-order valence-corrected chi connectivity index (χ2v) is 5.12. The smallest absolute Gasteiger partial charge is 0.326 e. The van der Waals surface area contributed by atoms with E-state index >= 15 is 0 Å². The van der Waals surface area contributed by atoms with E-state index in [0.29, 0.717) is 12.7 Å². The molecule has 1 aliphatic rings. The Hall–Kier alpha value is -0.585. The zero-order valence-electron chi connectivity index (χ0n) is 10.8. The van der Waals surface area contributed by atoms with Crippen molar-refractivity contribution in [3.8, 4) is 0 Å². The van der Waals surface area contributed by atoms with Gasteiger partial charge >= 0.3 is 5.97 Å². The Morgan fingerprint density at radius 2 is 2.06 bits per heavy atom. The topological polar surface area (TPSA) is 95.6 Å². The molecule has 0 aliphatic carbocycles. The lowest BCUT2D eigenvalue weighted by Crippen LogP contribution is -2.60. The van der Waals surface area contributed by atoms with Gasteiger partial charge in [-0.2, -0.15) is 0 Å². The van der Waals surface area contributed by atoms with Crippen LogP contribution in [0.15, 0.2) is 0 Å². The maximum absolute atomic E-state index is 11.4. The Balaban J connectivity index is 2.65. The number of piperidine rings is 1. The van der Waals surface area contributed by atoms with E-state index in [2.05, 4.69) is 5.32 Å². The number of rotatable bonds is 7. The molecule has 0 bridgehead atoms. The van der Waals surface area contributed by atoms with Crippen molar-refractivity contribution >= 4 is 13.8 Å². The number of carboxylic acid groups (broad SMARTS) is 1. The molecule has 1 heterocycles. The highest BCUT2D eigenvalue weighted by atomic mass is 16.4. The fourth-order valence-corrected chi connectivity index (χ4v) is 2.52. The minimum Gasteiger partial charge on any atom is -0.480 e. The van der Waals surface area contributed by atoms with Crippen molar-refractivity contribution in [3.63, 3.8) is 0 Å². The van der Waals surface area contributed by atoms with Gasteiger partial charge in [0, 0.05) is 0 Å². The Labute approximate surface area is 110 Å². The van der Waals surface area contributed by atoms with E-state index in [9.17, 15) is 15.0 Å². The molecule has 1 saturated heterocycles. The number of hydrogen-bond donors (Lipinski definition) is 4. The number of unbranched alkanes of at least 4 members (excludes halogenated alkanes) is 1. The molecule has 1 rings (SSSR count). The second kappa shape index (κ2) is 7.11. The highest BCUT2D eigenvalue weighted by Gasteiger charge is 2.44. The van der Waals surface area contributed by atoms with Gasteiger partial charge in [0.25, 0.3) is 0 Å². The van der Waals surface area contributed by atoms with Gasteiger partial charge in [0.05, 0.1) is 14.0 Å². The van der Waals surface area contributed by atoms with Crippen LogP contribution in [0.4, 0.5) is 0 Å². The summed E-state index contributed by atoms with van der Waals surface area (Å²) in [7, 11) is 5.39. The van der Waals surface area contributed by atoms with E-state index < -0.39 is 17.6 Å². The quantitative estimate of drug-likeness (QED) is 0.375. The van der Waals surface area contributed by atoms with Crippen LogP contribution in [0, 0.1) is 5.92 Å². The van der Waals surface area contributed by atoms with E-state index in [-0.39, 0.29) is 12.3 Å². The molecule has 2 unspecified atom stereocenters. The third-order valence-corrected chi connectivity index (χ3v) is 3.80. The number of aliphatic hydroxyl groups excluding tert-OH is 1. The average Bonchev–Trinajstić information content (AvgIpc) is 2.38. The summed E-state index contributed by atoms with van der Waals surface area (Å²) in [5.41, 5.74) is 4.40. The van der Waals surface area contributed by atoms with Crippen molar-refractivity contribution in [3.05, 3.63) is 0 Å². The number of carbonyl (C=O) groups is 1. The van der Waals surface area contributed by atoms with E-state index in [1.165, 1.54) is 0 Å². The minimum absolute atomic E-state index is 0.0368. The molecule has 0 saturated carbocycles. The molecule has 2 radical (unpaired) electrons. The third-order valence-electron chi connectivity index (χ3n) is 3.80. The first kappa shape index (κ1) is 15.5. The normalized spacial score (nSPS) is 22.3. The van der Waals surface area contributed by atoms with Gasteiger partial charge in [-0.15, -0.1) is 0 Å². The van der Waals surface area contributed by atoms with Crippen molar-refractivity contribution < 1.29 is 15.0 Å². The highest BCUT2D eigenvalue weighted by molar-refractivity contribution is 6.08. The summed E-state index contributed by atoms with van der Waals surface area (Å²) in [4.78, 5) is 11.4. The predicted molar refractivity (Wildman–Crippen MR) is 70.6 cm³/mol. The molecule has 5 N–H and O–H groups in total. The van der Waals surface area contributed by atoms with Crippen molar-refractivity contribution in [2.45, 2.75) is 50.1 Å². The maximum Gasteiger partial charge on any atom is 0.326 e. The SMILES string of the molecule is [B]CCCCC(N)(C(=O)O)C(O)C1CCNCC1. The van der Waals surface area contributed by atoms with Crippen LogP contribution in [0.25, 0.3) is 0 Å². The van der Waals surface area contributed by atoms with Crippen molar-refractivity contribution in [2.75, 3.05) is 13.1 Å². The summed E-state index contributed by atoms with van der Waals surface area (Å²) in [6.45, 7) is 1.61. The van der Waals surface area contributed by atoms with Gasteiger partial charge in [-0.05, 0) is 38.3 Å². The van der Waals surface area contributed by atoms with Gasteiger partial charge in [0.15, 0.2) is 0 Å². The van der Waals surface area contributed by atoms with Gasteiger partial charge in [-0.25, -0.2) is 0 Å². The lowest BCUT2D eigenvalue weighted by molar-refractivity contribution is -0.150. The third kappa shape index (κ3) is 3.70. The Bertz CT molecular complexity index is 272. The molecule has 0 spiro atoms. The predicted octanol–water partition coefficient (Wildman–Crippen LogP) is -0.114. The van der Waals surface area contributed by atoms with Crippen molar-refractivity contribution in [1.29, 1.82) is 0 Å². The summed E-state index contributed by atoms with van der Waals surface area (Å²) in [5.74, 6) is -1.16. The average molecular weight is 254 g/mol. The number of carboxylic acids is 1. The maximum atomic E-state index is 11.4. The largest absolute Gasteiger partial charge is 0.480 e. The lowest BCUT2D eigenvalue weighted by atomic mass is 9.77. The molecule has 0 aromatic rings. The van der Waals surface area contributed by atoms with Crippen molar-refractivity contribution in [2.24, 2.45) is 11.7 Å². The second-order valence-electron chi connectivity index (χ2n) is 5.12. The van der Waals surface area contributed by atoms with Gasteiger partial charge in [-0.1, -0.05) is 19.2 Å². The van der Waals surface area contributed by atoms with Crippen LogP contribution < -0.4 is 11.1 Å². The summed E-state index contributed by atoms with van der Waals surface area (Å²) < 4.78 is 0. The molecule has 18 heavy (non-hydrogen) atoms. The molecule has 1 aliphatic heterocycles. The fraction of sp³-hybridized carbons (Fsp3) is 0.917. The Kier molecular flexibility index (Phi) is 6.12. The first-order chi connectivity index (χ1) is 8.52. The molecular formula is C12H23BN2O3. The Morgan fingerprint density at radius 1 is 1.44 bits per heavy atom. The standard InChI is InChI=1S/C12H23BN2O3/c13-6-2-1-5-12(14,11(17)18)10(16)9-3-7-15-8-4-9/h9-10,15-16H,1-8,14H2,(H,17,18). The molecule has 1 fully saturated rings. The van der Waals surface area contributed by atoms with Crippen LogP contribution in [0.5, 0.6) is 0 Å². The molecule has 6 heteroatoms. The number of aliphatic carboxylic acids is 1. The van der Waals surface area contributed by atoms with Gasteiger partial charge in [0.1, 0.15) is 5.54 Å². The van der Waals surface area contributed by atoms with Gasteiger partial charge in [-0.3, -0.25) is 4.79 Å². The van der Waals surface area contributed by atoms with Crippen LogP contribution in [0.3, 0.4) is 0 Å². The Morgan fingerprint density at radius 3 is 2.56 bits per heavy atom. The molecule has 2 atom stereocenters. The fourth-order valence-electron chi connectivity index (χ4n) is 2.52. The van der Waals surface area contributed by atoms with Gasteiger partial charge in [0.2, 0.25) is 0 Å². The number of hydrogen-bond acceptors (Lipinski definition) is 4. The molecule has 0 aromatic heterocycles. The van der Waals surface area contributed by atoms with E-state index in [0.717, 1.165) is 32.4 Å². The summed E-state index contributed by atoms with van der Waals surface area (Å²) >= 11 is 0. The first-order valence-corrected chi connectivity index (χ1v) is 6.63. The zero-order valence-corrected chi connectivity index (χ0v) is 10.8. The van der Waals surface area contributed by atoms with E-state index in [4.69, 9.17) is 13.6 Å². The molecule has 0 amide bonds. The van der Waals surface area contributed by atoms with Crippen LogP contribution in [-0.4, -0.2) is 48.8 Å². The first-order valence-electron chi connectivity index (χ1n) is 6.63. The molecule has 0 aromatic carbocycles. The number of nitrogens with one attached hydrogen (secondary N) is 1. The summed E-state index contributed by atoms with van der Waals surface area (Å²) in [5, 5.41) is 22.8. The number of aliphatic hydroxyl groups is 1. The van der Waals surface area contributed by atoms with Crippen LogP contribution in [0.1, 0.15) is 32.1 Å². The van der Waals surface area contributed by atoms with E-state index in [1.807, 2.05) is 0 Å². The van der Waals surface area contributed by atoms with Crippen molar-refractivity contribution in [1.82, 2.24) is 5.32 Å². The van der Waals surface area contributed by atoms with Crippen LogP contribution in [-0.2, 0) is 4.79 Å². The van der Waals surface area contributed by atoms with Crippen LogP contribution in [0.2, 0.25) is 6.32 Å². The molecular weight excluding hydrogens is 231 g/mol. The molecule has 102 valence electrons. The molecule has 5 nitrogen and oxygen atoms in total. The number of nitrogens with two attached hydrogens (primary N) is 1. The minimum atomic E-state index is -1.54. The zero-order chi connectivity index (χ0) is 13.6. The lowest BCUT2D eigenvalue weighted by Gasteiger charge is -2.37.